The molecule has 0 heterocycles. The SMILES string of the molecule is NC(=O)Nc1cccc(NC(=O)C2CCCC2N)c1. The molecule has 1 fully saturated rings. The van der Waals surface area contributed by atoms with E-state index >= 15 is 0 Å². The summed E-state index contributed by atoms with van der Waals surface area (Å²) in [6.45, 7) is 0. The lowest BCUT2D eigenvalue weighted by Gasteiger charge is -2.15. The van der Waals surface area contributed by atoms with Gasteiger partial charge >= 0.3 is 6.03 Å². The predicted octanol–water partition coefficient (Wildman–Crippen LogP) is 1.24. The van der Waals surface area contributed by atoms with Crippen LogP contribution in [0.25, 0.3) is 0 Å². The van der Waals surface area contributed by atoms with Crippen LogP contribution >= 0.6 is 0 Å². The number of carbonyl (C=O) groups excluding carboxylic acids is 2. The lowest BCUT2D eigenvalue weighted by molar-refractivity contribution is -0.120. The van der Waals surface area contributed by atoms with Crippen LogP contribution < -0.4 is 22.1 Å². The average molecular weight is 262 g/mol. The fourth-order valence-electron chi connectivity index (χ4n) is 2.37. The van der Waals surface area contributed by atoms with Gasteiger partial charge in [-0.25, -0.2) is 4.79 Å². The van der Waals surface area contributed by atoms with Crippen molar-refractivity contribution in [2.45, 2.75) is 25.3 Å². The van der Waals surface area contributed by atoms with Crippen LogP contribution in [0, 0.1) is 5.92 Å². The molecule has 102 valence electrons. The zero-order chi connectivity index (χ0) is 13.8. The Morgan fingerprint density at radius 1 is 1.16 bits per heavy atom. The van der Waals surface area contributed by atoms with Crippen LogP contribution in [0.5, 0.6) is 0 Å². The fraction of sp³-hybridized carbons (Fsp3) is 0.385. The first kappa shape index (κ1) is 13.4. The number of urea groups is 1. The van der Waals surface area contributed by atoms with Gasteiger partial charge in [0, 0.05) is 17.4 Å². The third-order valence-electron chi connectivity index (χ3n) is 3.30. The third-order valence-corrected chi connectivity index (χ3v) is 3.30. The molecule has 1 aromatic carbocycles. The minimum Gasteiger partial charge on any atom is -0.351 e. The Morgan fingerprint density at radius 2 is 1.84 bits per heavy atom. The highest BCUT2D eigenvalue weighted by Crippen LogP contribution is 2.25. The molecule has 2 unspecified atom stereocenters. The van der Waals surface area contributed by atoms with Crippen molar-refractivity contribution in [3.05, 3.63) is 24.3 Å². The van der Waals surface area contributed by atoms with Gasteiger partial charge in [-0.3, -0.25) is 4.79 Å². The molecule has 0 radical (unpaired) electrons. The van der Waals surface area contributed by atoms with Crippen LogP contribution in [0.15, 0.2) is 24.3 Å². The Bertz CT molecular complexity index is 489. The molecule has 6 nitrogen and oxygen atoms in total. The maximum atomic E-state index is 12.1. The van der Waals surface area contributed by atoms with Crippen molar-refractivity contribution >= 4 is 23.3 Å². The molecule has 3 amide bonds. The molecule has 1 aliphatic rings. The zero-order valence-corrected chi connectivity index (χ0v) is 10.6. The van der Waals surface area contributed by atoms with E-state index < -0.39 is 6.03 Å². The van der Waals surface area contributed by atoms with Crippen LogP contribution in [0.1, 0.15) is 19.3 Å². The van der Waals surface area contributed by atoms with Crippen molar-refractivity contribution < 1.29 is 9.59 Å². The molecule has 2 atom stereocenters. The van der Waals surface area contributed by atoms with Crippen molar-refractivity contribution in [2.24, 2.45) is 17.4 Å². The number of primary amides is 1. The first-order chi connectivity index (χ1) is 9.06. The lowest BCUT2D eigenvalue weighted by Crippen LogP contribution is -2.34. The van der Waals surface area contributed by atoms with E-state index in [0.717, 1.165) is 19.3 Å². The molecule has 1 aromatic rings. The number of anilines is 2. The van der Waals surface area contributed by atoms with E-state index in [2.05, 4.69) is 10.6 Å². The number of benzene rings is 1. The van der Waals surface area contributed by atoms with E-state index in [-0.39, 0.29) is 17.9 Å². The highest BCUT2D eigenvalue weighted by Gasteiger charge is 2.30. The molecule has 0 aliphatic heterocycles. The molecule has 0 aromatic heterocycles. The van der Waals surface area contributed by atoms with Gasteiger partial charge in [0.05, 0.1) is 5.92 Å². The Hall–Kier alpha value is -2.08. The topological polar surface area (TPSA) is 110 Å². The van der Waals surface area contributed by atoms with Crippen molar-refractivity contribution in [1.29, 1.82) is 0 Å². The second-order valence-corrected chi connectivity index (χ2v) is 4.76. The Morgan fingerprint density at radius 3 is 2.42 bits per heavy atom. The summed E-state index contributed by atoms with van der Waals surface area (Å²) in [6.07, 6.45) is 2.70. The summed E-state index contributed by atoms with van der Waals surface area (Å²) in [5.41, 5.74) is 12.1. The largest absolute Gasteiger partial charge is 0.351 e. The first-order valence-electron chi connectivity index (χ1n) is 6.29. The van der Waals surface area contributed by atoms with Crippen molar-refractivity contribution in [1.82, 2.24) is 0 Å². The van der Waals surface area contributed by atoms with E-state index in [9.17, 15) is 9.59 Å². The van der Waals surface area contributed by atoms with Gasteiger partial charge in [-0.15, -0.1) is 0 Å². The Kier molecular flexibility index (Phi) is 4.01. The maximum Gasteiger partial charge on any atom is 0.316 e. The molecular formula is C13H18N4O2. The summed E-state index contributed by atoms with van der Waals surface area (Å²) in [5.74, 6) is -0.200. The first-order valence-corrected chi connectivity index (χ1v) is 6.29. The Labute approximate surface area is 111 Å². The third kappa shape index (κ3) is 3.45. The number of hydrogen-bond donors (Lipinski definition) is 4. The van der Waals surface area contributed by atoms with Crippen molar-refractivity contribution in [2.75, 3.05) is 10.6 Å². The molecule has 19 heavy (non-hydrogen) atoms. The normalized spacial score (nSPS) is 21.9. The standard InChI is InChI=1S/C13H18N4O2/c14-11-6-2-5-10(11)12(18)16-8-3-1-4-9(7-8)17-13(15)19/h1,3-4,7,10-11H,2,5-6,14H2,(H,16,18)(H3,15,17,19). The van der Waals surface area contributed by atoms with Crippen LogP contribution in [0.4, 0.5) is 16.2 Å². The second-order valence-electron chi connectivity index (χ2n) is 4.76. The summed E-state index contributed by atoms with van der Waals surface area (Å²) in [5, 5.41) is 5.28. The van der Waals surface area contributed by atoms with Gasteiger partial charge in [0.15, 0.2) is 0 Å². The molecular weight excluding hydrogens is 244 g/mol. The quantitative estimate of drug-likeness (QED) is 0.657. The van der Waals surface area contributed by atoms with Crippen LogP contribution in [0.2, 0.25) is 0 Å². The molecule has 1 aliphatic carbocycles. The highest BCUT2D eigenvalue weighted by molar-refractivity contribution is 5.94. The van der Waals surface area contributed by atoms with Gasteiger partial charge in [0.2, 0.25) is 5.91 Å². The molecule has 0 spiro atoms. The van der Waals surface area contributed by atoms with Crippen LogP contribution in [-0.4, -0.2) is 18.0 Å². The number of nitrogens with two attached hydrogens (primary N) is 2. The summed E-state index contributed by atoms with van der Waals surface area (Å²) in [6, 6.07) is 6.14. The van der Waals surface area contributed by atoms with Crippen LogP contribution in [-0.2, 0) is 4.79 Å². The molecule has 6 heteroatoms. The summed E-state index contributed by atoms with van der Waals surface area (Å²) >= 11 is 0. The van der Waals surface area contributed by atoms with Gasteiger partial charge in [0.25, 0.3) is 0 Å². The van der Waals surface area contributed by atoms with E-state index in [1.54, 1.807) is 24.3 Å². The zero-order valence-electron chi connectivity index (χ0n) is 10.6. The number of amides is 3. The van der Waals surface area contributed by atoms with Crippen molar-refractivity contribution in [3.8, 4) is 0 Å². The highest BCUT2D eigenvalue weighted by atomic mass is 16.2. The molecule has 2 rings (SSSR count). The number of hydrogen-bond acceptors (Lipinski definition) is 3. The number of carbonyl (C=O) groups is 2. The minimum absolute atomic E-state index is 0.0630. The lowest BCUT2D eigenvalue weighted by atomic mass is 10.0. The minimum atomic E-state index is -0.638. The number of nitrogens with one attached hydrogen (secondary N) is 2. The predicted molar refractivity (Wildman–Crippen MR) is 73.6 cm³/mol. The summed E-state index contributed by atoms with van der Waals surface area (Å²) in [4.78, 5) is 22.8. The fourth-order valence-corrected chi connectivity index (χ4v) is 2.37. The summed E-state index contributed by atoms with van der Waals surface area (Å²) < 4.78 is 0. The molecule has 6 N–H and O–H groups in total. The maximum absolute atomic E-state index is 12.1. The van der Waals surface area contributed by atoms with Crippen LogP contribution in [0.3, 0.4) is 0 Å². The van der Waals surface area contributed by atoms with Gasteiger partial charge < -0.3 is 22.1 Å². The van der Waals surface area contributed by atoms with Gasteiger partial charge in [-0.05, 0) is 31.0 Å². The van der Waals surface area contributed by atoms with E-state index in [1.165, 1.54) is 0 Å². The van der Waals surface area contributed by atoms with Gasteiger partial charge in [-0.2, -0.15) is 0 Å². The Balaban J connectivity index is 2.02. The summed E-state index contributed by atoms with van der Waals surface area (Å²) in [7, 11) is 0. The second kappa shape index (κ2) is 5.71. The van der Waals surface area contributed by atoms with E-state index in [1.807, 2.05) is 0 Å². The monoisotopic (exact) mass is 262 g/mol. The number of rotatable bonds is 3. The van der Waals surface area contributed by atoms with E-state index in [0.29, 0.717) is 11.4 Å². The average Bonchev–Trinajstić information content (AvgIpc) is 2.75. The van der Waals surface area contributed by atoms with Gasteiger partial charge in [0.1, 0.15) is 0 Å². The van der Waals surface area contributed by atoms with E-state index in [4.69, 9.17) is 11.5 Å². The molecule has 0 saturated heterocycles. The van der Waals surface area contributed by atoms with Gasteiger partial charge in [-0.1, -0.05) is 12.5 Å². The molecule has 1 saturated carbocycles. The van der Waals surface area contributed by atoms with Crippen molar-refractivity contribution in [3.63, 3.8) is 0 Å². The molecule has 0 bridgehead atoms. The smallest absolute Gasteiger partial charge is 0.316 e.